The van der Waals surface area contributed by atoms with E-state index in [9.17, 15) is 4.79 Å². The third-order valence-corrected chi connectivity index (χ3v) is 5.46. The minimum absolute atomic E-state index is 0. The SMILES string of the molecule is CCCCCCCCCCc1ccc(OC(=O)CCCCCCCCC)cc1.[H-].[Na+]. The Morgan fingerprint density at radius 1 is 0.690 bits per heavy atom. The van der Waals surface area contributed by atoms with Gasteiger partial charge in [0.05, 0.1) is 0 Å². The number of unbranched alkanes of at least 4 members (excludes halogenated alkanes) is 13. The maximum absolute atomic E-state index is 11.9. The third kappa shape index (κ3) is 17.1. The van der Waals surface area contributed by atoms with Crippen molar-refractivity contribution >= 4 is 5.97 Å². The van der Waals surface area contributed by atoms with Gasteiger partial charge in [0.25, 0.3) is 0 Å². The molecule has 0 saturated heterocycles. The summed E-state index contributed by atoms with van der Waals surface area (Å²) >= 11 is 0. The molecule has 0 N–H and O–H groups in total. The van der Waals surface area contributed by atoms with Crippen molar-refractivity contribution in [1.82, 2.24) is 0 Å². The van der Waals surface area contributed by atoms with Crippen molar-refractivity contribution in [1.29, 1.82) is 0 Å². The van der Waals surface area contributed by atoms with E-state index >= 15 is 0 Å². The first-order chi connectivity index (χ1) is 13.8. The minimum atomic E-state index is -0.0932. The van der Waals surface area contributed by atoms with Crippen LogP contribution in [0.4, 0.5) is 0 Å². The van der Waals surface area contributed by atoms with Crippen LogP contribution in [0, 0.1) is 0 Å². The fourth-order valence-corrected chi connectivity index (χ4v) is 3.60. The van der Waals surface area contributed by atoms with Gasteiger partial charge < -0.3 is 6.16 Å². The second kappa shape index (κ2) is 20.9. The molecule has 0 amide bonds. The topological polar surface area (TPSA) is 26.3 Å². The number of benzene rings is 1. The second-order valence-electron chi connectivity index (χ2n) is 8.21. The molecule has 0 radical (unpaired) electrons. The van der Waals surface area contributed by atoms with E-state index in [1.807, 2.05) is 12.1 Å². The number of carbonyl (C=O) groups is 1. The molecular weight excluding hydrogens is 367 g/mol. The van der Waals surface area contributed by atoms with Gasteiger partial charge in [-0.2, -0.15) is 0 Å². The van der Waals surface area contributed by atoms with Gasteiger partial charge in [-0.3, -0.25) is 4.79 Å². The van der Waals surface area contributed by atoms with Crippen LogP contribution in [-0.2, 0) is 11.2 Å². The van der Waals surface area contributed by atoms with Gasteiger partial charge in [-0.25, -0.2) is 0 Å². The predicted molar refractivity (Wildman–Crippen MR) is 122 cm³/mol. The first kappa shape index (κ1) is 28.7. The maximum Gasteiger partial charge on any atom is 1.00 e. The first-order valence-electron chi connectivity index (χ1n) is 12.1. The zero-order valence-electron chi connectivity index (χ0n) is 20.6. The Balaban J connectivity index is 0. The first-order valence-corrected chi connectivity index (χ1v) is 12.1. The van der Waals surface area contributed by atoms with Crippen molar-refractivity contribution in [3.05, 3.63) is 29.8 Å². The molecule has 0 atom stereocenters. The molecule has 0 aromatic heterocycles. The number of hydrogen-bond donors (Lipinski definition) is 0. The van der Waals surface area contributed by atoms with Gasteiger partial charge in [0, 0.05) is 6.42 Å². The summed E-state index contributed by atoms with van der Waals surface area (Å²) in [6, 6.07) is 8.11. The average molecular weight is 413 g/mol. The van der Waals surface area contributed by atoms with Crippen LogP contribution in [0.25, 0.3) is 0 Å². The zero-order chi connectivity index (χ0) is 20.3. The minimum Gasteiger partial charge on any atom is -1.00 e. The quantitative estimate of drug-likeness (QED) is 0.137. The Bertz CT molecular complexity index is 490. The monoisotopic (exact) mass is 412 g/mol. The Kier molecular flexibility index (Phi) is 20.7. The molecule has 2 nitrogen and oxygen atoms in total. The molecule has 0 fully saturated rings. The summed E-state index contributed by atoms with van der Waals surface area (Å²) in [5, 5.41) is 0. The summed E-state index contributed by atoms with van der Waals surface area (Å²) in [4.78, 5) is 11.9. The molecule has 0 saturated carbocycles. The largest absolute Gasteiger partial charge is 1.00 e. The predicted octanol–water partition coefficient (Wildman–Crippen LogP) is 5.53. The van der Waals surface area contributed by atoms with E-state index in [0.29, 0.717) is 12.2 Å². The van der Waals surface area contributed by atoms with Crippen LogP contribution in [0.3, 0.4) is 0 Å². The summed E-state index contributed by atoms with van der Waals surface area (Å²) in [7, 11) is 0. The van der Waals surface area contributed by atoms with E-state index in [-0.39, 0.29) is 37.0 Å². The number of carbonyl (C=O) groups excluding carboxylic acids is 1. The van der Waals surface area contributed by atoms with Gasteiger partial charge in [0.15, 0.2) is 0 Å². The Morgan fingerprint density at radius 2 is 1.14 bits per heavy atom. The molecule has 162 valence electrons. The standard InChI is InChI=1S/C26H44O2.Na.H/c1-3-5-7-9-11-13-14-16-18-24-20-22-25(23-21-24)28-26(27)19-17-15-12-10-8-6-4-2;;/h20-23H,3-19H2,1-2H3;;/q;+1;-1. The molecule has 1 rings (SSSR count). The molecule has 0 unspecified atom stereocenters. The van der Waals surface area contributed by atoms with Gasteiger partial charge in [0.2, 0.25) is 0 Å². The molecule has 29 heavy (non-hydrogen) atoms. The number of aryl methyl sites for hydroxylation is 1. The van der Waals surface area contributed by atoms with E-state index < -0.39 is 0 Å². The number of esters is 1. The Hall–Kier alpha value is -0.310. The van der Waals surface area contributed by atoms with Crippen molar-refractivity contribution in [2.45, 2.75) is 123 Å². The molecule has 1 aromatic carbocycles. The molecule has 0 aliphatic heterocycles. The van der Waals surface area contributed by atoms with Gasteiger partial charge in [-0.1, -0.05) is 109 Å². The van der Waals surface area contributed by atoms with Crippen LogP contribution in [0.1, 0.15) is 124 Å². The van der Waals surface area contributed by atoms with E-state index in [0.717, 1.165) is 19.3 Å². The van der Waals surface area contributed by atoms with Crippen LogP contribution in [0.5, 0.6) is 5.75 Å². The molecular formula is C26H45NaO2. The summed E-state index contributed by atoms with van der Waals surface area (Å²) in [6.45, 7) is 4.50. The molecule has 0 spiro atoms. The summed E-state index contributed by atoms with van der Waals surface area (Å²) in [5.74, 6) is 0.594. The molecule has 0 bridgehead atoms. The number of hydrogen-bond acceptors (Lipinski definition) is 2. The van der Waals surface area contributed by atoms with Crippen molar-refractivity contribution in [3.63, 3.8) is 0 Å². The fourth-order valence-electron chi connectivity index (χ4n) is 3.60. The van der Waals surface area contributed by atoms with E-state index in [1.54, 1.807) is 0 Å². The van der Waals surface area contributed by atoms with E-state index in [4.69, 9.17) is 4.74 Å². The Labute approximate surface area is 204 Å². The molecule has 0 heterocycles. The zero-order valence-corrected chi connectivity index (χ0v) is 21.6. The molecule has 0 aliphatic carbocycles. The summed E-state index contributed by atoms with van der Waals surface area (Å²) in [6.07, 6.45) is 21.0. The van der Waals surface area contributed by atoms with Gasteiger partial charge in [-0.05, 0) is 37.0 Å². The van der Waals surface area contributed by atoms with Crippen LogP contribution >= 0.6 is 0 Å². The fraction of sp³-hybridized carbons (Fsp3) is 0.731. The normalized spacial score (nSPS) is 10.6. The average Bonchev–Trinajstić information content (AvgIpc) is 2.70. The second-order valence-corrected chi connectivity index (χ2v) is 8.21. The van der Waals surface area contributed by atoms with Gasteiger partial charge in [-0.15, -0.1) is 0 Å². The van der Waals surface area contributed by atoms with Gasteiger partial charge in [0.1, 0.15) is 5.75 Å². The van der Waals surface area contributed by atoms with Crippen molar-refractivity contribution in [3.8, 4) is 5.75 Å². The summed E-state index contributed by atoms with van der Waals surface area (Å²) < 4.78 is 5.47. The summed E-state index contributed by atoms with van der Waals surface area (Å²) in [5.41, 5.74) is 1.35. The Morgan fingerprint density at radius 3 is 1.66 bits per heavy atom. The molecule has 3 heteroatoms. The van der Waals surface area contributed by atoms with Crippen LogP contribution < -0.4 is 34.3 Å². The smallest absolute Gasteiger partial charge is 1.00 e. The number of ether oxygens (including phenoxy) is 1. The van der Waals surface area contributed by atoms with Gasteiger partial charge >= 0.3 is 35.5 Å². The van der Waals surface area contributed by atoms with E-state index in [2.05, 4.69) is 26.0 Å². The van der Waals surface area contributed by atoms with Crippen molar-refractivity contribution < 1.29 is 40.5 Å². The van der Waals surface area contributed by atoms with Crippen molar-refractivity contribution in [2.75, 3.05) is 0 Å². The van der Waals surface area contributed by atoms with Crippen LogP contribution in [-0.4, -0.2) is 5.97 Å². The maximum atomic E-state index is 11.9. The van der Waals surface area contributed by atoms with Crippen LogP contribution in [0.15, 0.2) is 24.3 Å². The van der Waals surface area contributed by atoms with Crippen LogP contribution in [0.2, 0.25) is 0 Å². The third-order valence-electron chi connectivity index (χ3n) is 5.46. The number of rotatable bonds is 18. The molecule has 0 aliphatic rings. The van der Waals surface area contributed by atoms with E-state index in [1.165, 1.54) is 89.0 Å². The molecule has 1 aromatic rings. The van der Waals surface area contributed by atoms with Crippen molar-refractivity contribution in [2.24, 2.45) is 0 Å².